The van der Waals surface area contributed by atoms with Gasteiger partial charge in [-0.15, -0.1) is 5.10 Å². The summed E-state index contributed by atoms with van der Waals surface area (Å²) in [5, 5.41) is 12.3. The van der Waals surface area contributed by atoms with Crippen LogP contribution < -0.4 is 0 Å². The molecule has 1 aliphatic heterocycles. The maximum atomic E-state index is 12.3. The summed E-state index contributed by atoms with van der Waals surface area (Å²) >= 11 is 0. The summed E-state index contributed by atoms with van der Waals surface area (Å²) in [6.07, 6.45) is 7.37. The minimum atomic E-state index is -0.0484. The normalized spacial score (nSPS) is 17.4. The van der Waals surface area contributed by atoms with Gasteiger partial charge >= 0.3 is 0 Å². The van der Waals surface area contributed by atoms with Gasteiger partial charge < -0.3 is 13.8 Å². The van der Waals surface area contributed by atoms with Gasteiger partial charge in [-0.1, -0.05) is 24.2 Å². The van der Waals surface area contributed by atoms with Crippen LogP contribution in [0.15, 0.2) is 39.6 Å². The molecule has 9 heteroatoms. The van der Waals surface area contributed by atoms with Gasteiger partial charge in [0.15, 0.2) is 11.5 Å². The molecule has 1 aliphatic rings. The Hall–Kier alpha value is -3.23. The van der Waals surface area contributed by atoms with Crippen LogP contribution in [0.3, 0.4) is 0 Å². The molecule has 0 aromatic carbocycles. The Labute approximate surface area is 155 Å². The van der Waals surface area contributed by atoms with Gasteiger partial charge in [-0.2, -0.15) is 4.98 Å². The van der Waals surface area contributed by atoms with Crippen molar-refractivity contribution in [2.24, 2.45) is 0 Å². The van der Waals surface area contributed by atoms with Crippen LogP contribution in [0.2, 0.25) is 0 Å². The number of furan rings is 1. The molecule has 3 aromatic heterocycles. The summed E-state index contributed by atoms with van der Waals surface area (Å²) in [5.41, 5.74) is 0.539. The van der Waals surface area contributed by atoms with Gasteiger partial charge in [0.2, 0.25) is 5.91 Å². The van der Waals surface area contributed by atoms with E-state index in [9.17, 15) is 4.79 Å². The van der Waals surface area contributed by atoms with Gasteiger partial charge in [0.25, 0.3) is 5.89 Å². The molecule has 9 nitrogen and oxygen atoms in total. The van der Waals surface area contributed by atoms with E-state index in [-0.39, 0.29) is 17.9 Å². The number of nitrogens with zero attached hydrogens (tertiary/aromatic N) is 6. The van der Waals surface area contributed by atoms with Crippen LogP contribution in [0.5, 0.6) is 0 Å². The molecular formula is C18H20N6O3. The summed E-state index contributed by atoms with van der Waals surface area (Å²) in [5.74, 6) is 1.78. The van der Waals surface area contributed by atoms with E-state index in [0.717, 1.165) is 6.42 Å². The van der Waals surface area contributed by atoms with Gasteiger partial charge in [0, 0.05) is 25.1 Å². The van der Waals surface area contributed by atoms with Gasteiger partial charge in [0.1, 0.15) is 5.76 Å². The van der Waals surface area contributed by atoms with E-state index in [1.54, 1.807) is 40.3 Å². The van der Waals surface area contributed by atoms with Crippen molar-refractivity contribution in [2.45, 2.75) is 32.2 Å². The maximum Gasteiger partial charge on any atom is 0.280 e. The molecule has 0 radical (unpaired) electrons. The van der Waals surface area contributed by atoms with E-state index in [2.05, 4.69) is 20.5 Å². The molecule has 4 rings (SSSR count). The van der Waals surface area contributed by atoms with Crippen LogP contribution in [-0.4, -0.2) is 49.0 Å². The molecule has 1 fully saturated rings. The van der Waals surface area contributed by atoms with Crippen LogP contribution in [-0.2, 0) is 4.79 Å². The Bertz CT molecular complexity index is 940. The van der Waals surface area contributed by atoms with Crippen LogP contribution >= 0.6 is 0 Å². The maximum absolute atomic E-state index is 12.3. The van der Waals surface area contributed by atoms with Gasteiger partial charge in [-0.05, 0) is 24.6 Å². The Morgan fingerprint density at radius 2 is 2.30 bits per heavy atom. The second-order valence-corrected chi connectivity index (χ2v) is 6.77. The van der Waals surface area contributed by atoms with E-state index in [1.807, 2.05) is 13.8 Å². The summed E-state index contributed by atoms with van der Waals surface area (Å²) in [6.45, 7) is 5.23. The zero-order valence-electron chi connectivity index (χ0n) is 15.1. The first kappa shape index (κ1) is 17.2. The highest BCUT2D eigenvalue weighted by molar-refractivity contribution is 5.91. The van der Waals surface area contributed by atoms with Crippen molar-refractivity contribution in [3.05, 3.63) is 42.3 Å². The average Bonchev–Trinajstić information content (AvgIpc) is 3.46. The van der Waals surface area contributed by atoms with Crippen molar-refractivity contribution in [1.29, 1.82) is 0 Å². The number of likely N-dealkylation sites (tertiary alicyclic amines) is 1. The highest BCUT2D eigenvalue weighted by atomic mass is 16.5. The SMILES string of the molecule is CC(C)c1noc(-c2cn(C3CCN(C(=O)C=Cc4ccco4)C3)nn2)n1. The quantitative estimate of drug-likeness (QED) is 0.637. The Morgan fingerprint density at radius 3 is 3.04 bits per heavy atom. The summed E-state index contributed by atoms with van der Waals surface area (Å²) in [4.78, 5) is 18.5. The average molecular weight is 368 g/mol. The summed E-state index contributed by atoms with van der Waals surface area (Å²) in [6, 6.07) is 3.65. The molecule has 4 heterocycles. The van der Waals surface area contributed by atoms with Crippen molar-refractivity contribution in [2.75, 3.05) is 13.1 Å². The zero-order valence-corrected chi connectivity index (χ0v) is 15.1. The monoisotopic (exact) mass is 368 g/mol. The summed E-state index contributed by atoms with van der Waals surface area (Å²) in [7, 11) is 0. The number of aromatic nitrogens is 5. The summed E-state index contributed by atoms with van der Waals surface area (Å²) < 4.78 is 12.2. The molecule has 1 atom stereocenters. The predicted molar refractivity (Wildman–Crippen MR) is 95.4 cm³/mol. The molecule has 0 aliphatic carbocycles. The smallest absolute Gasteiger partial charge is 0.280 e. The number of carbonyl (C=O) groups is 1. The molecule has 0 bridgehead atoms. The van der Waals surface area contributed by atoms with Crippen LogP contribution in [0.1, 0.15) is 43.8 Å². The van der Waals surface area contributed by atoms with Crippen LogP contribution in [0.4, 0.5) is 0 Å². The number of carbonyl (C=O) groups excluding carboxylic acids is 1. The molecule has 1 unspecified atom stereocenters. The number of hydrogen-bond donors (Lipinski definition) is 0. The van der Waals surface area contributed by atoms with Crippen molar-refractivity contribution in [3.8, 4) is 11.6 Å². The second-order valence-electron chi connectivity index (χ2n) is 6.77. The first-order valence-electron chi connectivity index (χ1n) is 8.86. The molecule has 0 N–H and O–H groups in total. The second kappa shape index (κ2) is 7.18. The van der Waals surface area contributed by atoms with Crippen molar-refractivity contribution in [1.82, 2.24) is 30.0 Å². The van der Waals surface area contributed by atoms with Gasteiger partial charge in [-0.3, -0.25) is 4.79 Å². The lowest BCUT2D eigenvalue weighted by atomic mass is 10.2. The molecule has 0 saturated carbocycles. The van der Waals surface area contributed by atoms with E-state index < -0.39 is 0 Å². The molecule has 3 aromatic rings. The van der Waals surface area contributed by atoms with Gasteiger partial charge in [0.05, 0.1) is 18.5 Å². The van der Waals surface area contributed by atoms with Gasteiger partial charge in [-0.25, -0.2) is 4.68 Å². The van der Waals surface area contributed by atoms with Crippen molar-refractivity contribution >= 4 is 12.0 Å². The fourth-order valence-electron chi connectivity index (χ4n) is 2.93. The standard InChI is InChI=1S/C18H20N6O3/c1-12(2)17-19-18(27-21-17)15-11-24(22-20-15)13-7-8-23(10-13)16(25)6-5-14-4-3-9-26-14/h3-6,9,11-13H,7-8,10H2,1-2H3. The molecule has 140 valence electrons. The highest BCUT2D eigenvalue weighted by Gasteiger charge is 2.28. The minimum absolute atomic E-state index is 0.0484. The number of amides is 1. The first-order valence-corrected chi connectivity index (χ1v) is 8.86. The molecule has 1 saturated heterocycles. The van der Waals surface area contributed by atoms with Crippen LogP contribution in [0.25, 0.3) is 17.7 Å². The van der Waals surface area contributed by atoms with Crippen LogP contribution in [0, 0.1) is 0 Å². The lowest BCUT2D eigenvalue weighted by Crippen LogP contribution is -2.27. The number of rotatable bonds is 5. The topological polar surface area (TPSA) is 103 Å². The predicted octanol–water partition coefficient (Wildman–Crippen LogP) is 2.53. The van der Waals surface area contributed by atoms with E-state index in [0.29, 0.717) is 36.3 Å². The molecule has 1 amide bonds. The van der Waals surface area contributed by atoms with Crippen molar-refractivity contribution in [3.63, 3.8) is 0 Å². The third-order valence-corrected chi connectivity index (χ3v) is 4.47. The lowest BCUT2D eigenvalue weighted by molar-refractivity contribution is -0.125. The highest BCUT2D eigenvalue weighted by Crippen LogP contribution is 2.24. The third-order valence-electron chi connectivity index (χ3n) is 4.47. The van der Waals surface area contributed by atoms with E-state index in [1.165, 1.54) is 6.08 Å². The first-order chi connectivity index (χ1) is 13.1. The molecule has 0 spiro atoms. The minimum Gasteiger partial charge on any atom is -0.465 e. The molecular weight excluding hydrogens is 348 g/mol. The lowest BCUT2D eigenvalue weighted by Gasteiger charge is -2.14. The largest absolute Gasteiger partial charge is 0.465 e. The third kappa shape index (κ3) is 3.67. The van der Waals surface area contributed by atoms with Crippen molar-refractivity contribution < 1.29 is 13.7 Å². The Morgan fingerprint density at radius 1 is 1.41 bits per heavy atom. The molecule has 27 heavy (non-hydrogen) atoms. The number of hydrogen-bond acceptors (Lipinski definition) is 7. The Kier molecular flexibility index (Phi) is 4.57. The fraction of sp³-hybridized carbons (Fsp3) is 0.389. The van der Waals surface area contributed by atoms with E-state index >= 15 is 0 Å². The van der Waals surface area contributed by atoms with E-state index in [4.69, 9.17) is 8.94 Å². The Balaban J connectivity index is 1.40. The fourth-order valence-corrected chi connectivity index (χ4v) is 2.93. The zero-order chi connectivity index (χ0) is 18.8.